The van der Waals surface area contributed by atoms with Crippen molar-refractivity contribution in [2.45, 2.75) is 37.8 Å². The van der Waals surface area contributed by atoms with Crippen molar-refractivity contribution in [2.75, 3.05) is 4.90 Å². The average Bonchev–Trinajstić information content (AvgIpc) is 3.32. The van der Waals surface area contributed by atoms with E-state index in [1.165, 1.54) is 16.8 Å². The van der Waals surface area contributed by atoms with Crippen LogP contribution in [0.5, 0.6) is 0 Å². The molecule has 0 aliphatic carbocycles. The number of allylic oxidation sites excluding steroid dienone is 1. The minimum absolute atomic E-state index is 0.0997. The summed E-state index contributed by atoms with van der Waals surface area (Å²) in [7, 11) is 0. The molecule has 0 spiro atoms. The van der Waals surface area contributed by atoms with Crippen LogP contribution >= 0.6 is 0 Å². The Hall–Kier alpha value is -3.24. The van der Waals surface area contributed by atoms with E-state index in [0.29, 0.717) is 6.04 Å². The van der Waals surface area contributed by atoms with Gasteiger partial charge in [0.15, 0.2) is 0 Å². The summed E-state index contributed by atoms with van der Waals surface area (Å²) in [5, 5.41) is 0. The third kappa shape index (κ3) is 4.28. The maximum absolute atomic E-state index is 3.62. The van der Waals surface area contributed by atoms with Crippen LogP contribution < -0.4 is 4.90 Å². The first-order valence-electron chi connectivity index (χ1n) is 10.3. The van der Waals surface area contributed by atoms with E-state index < -0.39 is 0 Å². The lowest BCUT2D eigenvalue weighted by Crippen LogP contribution is -2.11. The van der Waals surface area contributed by atoms with Gasteiger partial charge in [0, 0.05) is 11.6 Å². The zero-order valence-electron chi connectivity index (χ0n) is 17.1. The second kappa shape index (κ2) is 8.41. The van der Waals surface area contributed by atoms with Crippen molar-refractivity contribution in [2.24, 2.45) is 0 Å². The highest BCUT2D eigenvalue weighted by Crippen LogP contribution is 2.44. The number of hydrogen-bond donors (Lipinski definition) is 0. The fraction of sp³-hybridized carbons (Fsp3) is 0.214. The van der Waals surface area contributed by atoms with E-state index in [0.717, 1.165) is 6.42 Å². The summed E-state index contributed by atoms with van der Waals surface area (Å²) < 4.78 is 0. The van der Waals surface area contributed by atoms with Gasteiger partial charge in [-0.05, 0) is 43.5 Å². The van der Waals surface area contributed by atoms with Crippen molar-refractivity contribution in [1.29, 1.82) is 0 Å². The maximum Gasteiger partial charge on any atom is 0.119 e. The summed E-state index contributed by atoms with van der Waals surface area (Å²) in [6, 6.07) is 32.1. The molecule has 1 saturated heterocycles. The van der Waals surface area contributed by atoms with E-state index in [2.05, 4.69) is 128 Å². The zero-order chi connectivity index (χ0) is 20.1. The minimum atomic E-state index is -0.0997. The normalized spacial score (nSPS) is 21.4. The molecule has 3 aromatic rings. The van der Waals surface area contributed by atoms with Gasteiger partial charge in [0.1, 0.15) is 5.54 Å². The van der Waals surface area contributed by atoms with Crippen LogP contribution in [-0.2, 0) is 0 Å². The molecule has 1 aliphatic rings. The fourth-order valence-corrected chi connectivity index (χ4v) is 3.90. The molecule has 1 aliphatic heterocycles. The van der Waals surface area contributed by atoms with Gasteiger partial charge in [-0.1, -0.05) is 103 Å². The van der Waals surface area contributed by atoms with Gasteiger partial charge in [-0.3, -0.25) is 0 Å². The molecule has 1 fully saturated rings. The van der Waals surface area contributed by atoms with E-state index >= 15 is 0 Å². The average molecular weight is 378 g/mol. The van der Waals surface area contributed by atoms with E-state index in [4.69, 9.17) is 0 Å². The second-order valence-corrected chi connectivity index (χ2v) is 7.81. The van der Waals surface area contributed by atoms with Crippen molar-refractivity contribution in [3.63, 3.8) is 0 Å². The van der Waals surface area contributed by atoms with Gasteiger partial charge in [-0.15, -0.1) is 0 Å². The van der Waals surface area contributed by atoms with E-state index in [1.54, 1.807) is 0 Å². The van der Waals surface area contributed by atoms with E-state index in [1.807, 2.05) is 6.07 Å². The van der Waals surface area contributed by atoms with Crippen LogP contribution in [0.4, 0.5) is 5.69 Å². The van der Waals surface area contributed by atoms with Crippen molar-refractivity contribution in [1.82, 2.24) is 0 Å². The van der Waals surface area contributed by atoms with Crippen LogP contribution in [0.3, 0.4) is 0 Å². The van der Waals surface area contributed by atoms with Gasteiger partial charge >= 0.3 is 0 Å². The first-order chi connectivity index (χ1) is 14.2. The first kappa shape index (κ1) is 19.1. The lowest BCUT2D eigenvalue weighted by Gasteiger charge is -2.10. The monoisotopic (exact) mass is 377 g/mol. The lowest BCUT2D eigenvalue weighted by atomic mass is 9.94. The Morgan fingerprint density at radius 2 is 1.48 bits per heavy atom. The van der Waals surface area contributed by atoms with Gasteiger partial charge in [-0.25, -0.2) is 0 Å². The number of benzene rings is 3. The third-order valence-corrected chi connectivity index (χ3v) is 5.85. The molecule has 0 aromatic heterocycles. The molecule has 1 heteroatoms. The van der Waals surface area contributed by atoms with Crippen molar-refractivity contribution in [3.05, 3.63) is 108 Å². The van der Waals surface area contributed by atoms with Crippen LogP contribution in [0.2, 0.25) is 0 Å². The van der Waals surface area contributed by atoms with Crippen molar-refractivity contribution >= 4 is 11.8 Å². The van der Waals surface area contributed by atoms with Crippen LogP contribution in [0.1, 0.15) is 37.3 Å². The standard InChI is InChI=1S/C28H27N/c1-23-28(2,29(23)27-19-10-5-11-20-27)22-21-26(25-16-8-4-9-17-25)18-12-15-24-13-6-3-7-14-24/h3-17,19-20,23,26H,18H2,1-2H3/b15-12+/t23-,26?,28-,29?/m0/s1. The molecular weight excluding hydrogens is 350 g/mol. The molecular formula is C28H27N. The molecule has 0 radical (unpaired) electrons. The third-order valence-electron chi connectivity index (χ3n) is 5.85. The molecule has 1 heterocycles. The molecule has 29 heavy (non-hydrogen) atoms. The molecule has 1 unspecified atom stereocenters. The van der Waals surface area contributed by atoms with Crippen LogP contribution in [0.25, 0.3) is 6.08 Å². The molecule has 0 N–H and O–H groups in total. The first-order valence-corrected chi connectivity index (χ1v) is 10.3. The fourth-order valence-electron chi connectivity index (χ4n) is 3.90. The number of rotatable bonds is 5. The molecule has 1 nitrogen and oxygen atoms in total. The van der Waals surface area contributed by atoms with Crippen LogP contribution in [0.15, 0.2) is 97.1 Å². The Balaban J connectivity index is 1.55. The van der Waals surface area contributed by atoms with Crippen LogP contribution in [-0.4, -0.2) is 11.6 Å². The molecule has 3 aromatic carbocycles. The summed E-state index contributed by atoms with van der Waals surface area (Å²) in [6.07, 6.45) is 5.34. The minimum Gasteiger partial charge on any atom is -0.347 e. The highest BCUT2D eigenvalue weighted by atomic mass is 15.4. The molecule has 0 saturated carbocycles. The molecule has 0 amide bonds. The Kier molecular flexibility index (Phi) is 5.54. The van der Waals surface area contributed by atoms with E-state index in [9.17, 15) is 0 Å². The molecule has 0 bridgehead atoms. The maximum atomic E-state index is 3.62. The van der Waals surface area contributed by atoms with Gasteiger partial charge in [0.05, 0.1) is 6.04 Å². The Morgan fingerprint density at radius 3 is 2.14 bits per heavy atom. The summed E-state index contributed by atoms with van der Waals surface area (Å²) in [5.41, 5.74) is 3.65. The summed E-state index contributed by atoms with van der Waals surface area (Å²) in [5.74, 6) is 7.43. The van der Waals surface area contributed by atoms with Gasteiger partial charge in [0.2, 0.25) is 0 Å². The van der Waals surface area contributed by atoms with Crippen molar-refractivity contribution < 1.29 is 0 Å². The zero-order valence-corrected chi connectivity index (χ0v) is 17.1. The topological polar surface area (TPSA) is 3.01 Å². The summed E-state index contributed by atoms with van der Waals surface area (Å²) in [4.78, 5) is 2.40. The number of anilines is 1. The van der Waals surface area contributed by atoms with Gasteiger partial charge in [-0.2, -0.15) is 0 Å². The number of nitrogens with zero attached hydrogens (tertiary/aromatic N) is 1. The SMILES string of the molecule is C[C@@H]1N(c2ccccc2)[C@@]1(C)C#CC(C/C=C/c1ccccc1)c1ccccc1. The number of para-hydroxylation sites is 1. The second-order valence-electron chi connectivity index (χ2n) is 7.81. The lowest BCUT2D eigenvalue weighted by molar-refractivity contribution is 0.866. The molecule has 3 atom stereocenters. The predicted octanol–water partition coefficient (Wildman–Crippen LogP) is 6.54. The predicted molar refractivity (Wildman–Crippen MR) is 124 cm³/mol. The van der Waals surface area contributed by atoms with Crippen molar-refractivity contribution in [3.8, 4) is 11.8 Å². The Morgan fingerprint density at radius 1 is 0.897 bits per heavy atom. The summed E-state index contributed by atoms with van der Waals surface area (Å²) >= 11 is 0. The van der Waals surface area contributed by atoms with Gasteiger partial charge in [0.25, 0.3) is 0 Å². The quantitative estimate of drug-likeness (QED) is 0.360. The Bertz CT molecular complexity index is 1010. The smallest absolute Gasteiger partial charge is 0.119 e. The number of hydrogen-bond acceptors (Lipinski definition) is 1. The van der Waals surface area contributed by atoms with Gasteiger partial charge < -0.3 is 4.90 Å². The molecule has 144 valence electrons. The van der Waals surface area contributed by atoms with Crippen LogP contribution in [0, 0.1) is 11.8 Å². The summed E-state index contributed by atoms with van der Waals surface area (Å²) in [6.45, 7) is 4.51. The highest BCUT2D eigenvalue weighted by molar-refractivity contribution is 5.64. The Labute approximate surface area is 174 Å². The molecule has 4 rings (SSSR count). The van der Waals surface area contributed by atoms with E-state index in [-0.39, 0.29) is 11.5 Å². The highest BCUT2D eigenvalue weighted by Gasteiger charge is 2.55. The largest absolute Gasteiger partial charge is 0.347 e.